The molecule has 2 aliphatic rings. The number of benzene rings is 1. The van der Waals surface area contributed by atoms with Crippen molar-refractivity contribution in [1.82, 2.24) is 10.2 Å². The third-order valence-corrected chi connectivity index (χ3v) is 7.22. The molecule has 166 valence electrons. The lowest BCUT2D eigenvalue weighted by Crippen LogP contribution is -2.52. The Bertz CT molecular complexity index is 934. The first-order chi connectivity index (χ1) is 14.6. The summed E-state index contributed by atoms with van der Waals surface area (Å²) in [5.41, 5.74) is 0.481. The van der Waals surface area contributed by atoms with Crippen LogP contribution in [0.25, 0.3) is 6.08 Å². The van der Waals surface area contributed by atoms with Gasteiger partial charge in [0.25, 0.3) is 0 Å². The first-order valence-electron chi connectivity index (χ1n) is 10.7. The second-order valence-electron chi connectivity index (χ2n) is 9.70. The molecular formula is C24H30Cl2N4S. The van der Waals surface area contributed by atoms with Crippen molar-refractivity contribution in [3.63, 3.8) is 0 Å². The van der Waals surface area contributed by atoms with Crippen LogP contribution in [0.3, 0.4) is 0 Å². The highest BCUT2D eigenvalue weighted by molar-refractivity contribution is 7.80. The quantitative estimate of drug-likeness (QED) is 0.398. The number of nitriles is 1. The molecule has 1 aromatic rings. The van der Waals surface area contributed by atoms with E-state index in [-0.39, 0.29) is 23.5 Å². The predicted molar refractivity (Wildman–Crippen MR) is 135 cm³/mol. The number of hydrogen-bond acceptors (Lipinski definition) is 3. The Morgan fingerprint density at radius 2 is 2.03 bits per heavy atom. The molecule has 1 atom stereocenters. The molecule has 2 fully saturated rings. The maximum atomic E-state index is 9.41. The zero-order valence-electron chi connectivity index (χ0n) is 18.6. The number of amidine groups is 1. The Labute approximate surface area is 201 Å². The van der Waals surface area contributed by atoms with Crippen LogP contribution in [-0.2, 0) is 0 Å². The number of halogens is 2. The summed E-state index contributed by atoms with van der Waals surface area (Å²) in [7, 11) is 0. The molecule has 0 aromatic heterocycles. The zero-order valence-corrected chi connectivity index (χ0v) is 20.9. The summed E-state index contributed by atoms with van der Waals surface area (Å²) in [6.45, 7) is 9.08. The largest absolute Gasteiger partial charge is 0.323 e. The van der Waals surface area contributed by atoms with Crippen molar-refractivity contribution in [2.75, 3.05) is 6.54 Å². The molecule has 3 rings (SSSR count). The third-order valence-electron chi connectivity index (χ3n) is 6.33. The van der Waals surface area contributed by atoms with Crippen LogP contribution in [0.1, 0.15) is 58.9 Å². The fourth-order valence-corrected chi connectivity index (χ4v) is 5.10. The summed E-state index contributed by atoms with van der Waals surface area (Å²) in [5.74, 6) is 1.57. The fraction of sp³-hybridized carbons (Fsp3) is 0.542. The van der Waals surface area contributed by atoms with Gasteiger partial charge < -0.3 is 10.2 Å². The standard InChI is InChI=1S/C24H30Cl2N4S/c1-16-9-11-24(12-10-16)21(29-22(31)30(24)14-13-27)28-20(23(2,3)4)8-6-17-5-7-18(25)15-19(17)26/h5-8,15-16,20H,9-12,14H2,1-4H3,(H,28,29,31)/b8-6+. The predicted octanol–water partition coefficient (Wildman–Crippen LogP) is 6.48. The lowest BCUT2D eigenvalue weighted by atomic mass is 9.75. The van der Waals surface area contributed by atoms with Crippen molar-refractivity contribution in [3.05, 3.63) is 39.9 Å². The van der Waals surface area contributed by atoms with E-state index in [4.69, 9.17) is 40.4 Å². The van der Waals surface area contributed by atoms with Gasteiger partial charge in [-0.25, -0.2) is 0 Å². The van der Waals surface area contributed by atoms with E-state index in [1.54, 1.807) is 6.07 Å². The summed E-state index contributed by atoms with van der Waals surface area (Å²) in [6.07, 6.45) is 8.20. The van der Waals surface area contributed by atoms with Gasteiger partial charge in [-0.1, -0.05) is 69.1 Å². The molecule has 4 nitrogen and oxygen atoms in total. The van der Waals surface area contributed by atoms with Crippen molar-refractivity contribution in [2.24, 2.45) is 16.3 Å². The van der Waals surface area contributed by atoms with E-state index in [9.17, 15) is 5.26 Å². The Morgan fingerprint density at radius 1 is 1.35 bits per heavy atom. The number of thiocarbonyl (C=S) groups is 1. The van der Waals surface area contributed by atoms with Gasteiger partial charge in [-0.2, -0.15) is 5.26 Å². The van der Waals surface area contributed by atoms with E-state index in [0.717, 1.165) is 37.1 Å². The third kappa shape index (κ3) is 5.25. The summed E-state index contributed by atoms with van der Waals surface area (Å²) in [5, 5.41) is 14.6. The van der Waals surface area contributed by atoms with Crippen molar-refractivity contribution in [3.8, 4) is 6.07 Å². The Morgan fingerprint density at radius 3 is 2.61 bits per heavy atom. The molecule has 31 heavy (non-hydrogen) atoms. The van der Waals surface area contributed by atoms with Crippen molar-refractivity contribution < 1.29 is 0 Å². The van der Waals surface area contributed by atoms with Crippen LogP contribution in [0, 0.1) is 22.7 Å². The summed E-state index contributed by atoms with van der Waals surface area (Å²) >= 11 is 18.0. The van der Waals surface area contributed by atoms with E-state index < -0.39 is 0 Å². The van der Waals surface area contributed by atoms with Crippen LogP contribution in [0.2, 0.25) is 10.0 Å². The maximum absolute atomic E-state index is 9.41. The highest BCUT2D eigenvalue weighted by Crippen LogP contribution is 2.40. The van der Waals surface area contributed by atoms with Crippen molar-refractivity contribution >= 4 is 52.4 Å². The highest BCUT2D eigenvalue weighted by atomic mass is 35.5. The number of aliphatic imine (C=N–C) groups is 1. The van der Waals surface area contributed by atoms with E-state index in [0.29, 0.717) is 21.1 Å². The molecule has 1 aromatic carbocycles. The molecule has 1 saturated heterocycles. The normalized spacial score (nSPS) is 26.5. The van der Waals surface area contributed by atoms with Crippen LogP contribution in [0.5, 0.6) is 0 Å². The molecule has 1 unspecified atom stereocenters. The molecule has 0 amide bonds. The van der Waals surface area contributed by atoms with Crippen molar-refractivity contribution in [2.45, 2.75) is 65.0 Å². The van der Waals surface area contributed by atoms with Crippen LogP contribution in [-0.4, -0.2) is 34.0 Å². The average Bonchev–Trinajstić information content (AvgIpc) is 2.93. The Hall–Kier alpha value is -1.61. The number of rotatable bonds is 4. The molecule has 1 aliphatic carbocycles. The highest BCUT2D eigenvalue weighted by Gasteiger charge is 2.50. The van der Waals surface area contributed by atoms with Gasteiger partial charge in [-0.15, -0.1) is 0 Å². The van der Waals surface area contributed by atoms with Gasteiger partial charge >= 0.3 is 0 Å². The molecule has 1 N–H and O–H groups in total. The first-order valence-corrected chi connectivity index (χ1v) is 11.9. The number of nitrogens with one attached hydrogen (secondary N) is 1. The minimum Gasteiger partial charge on any atom is -0.323 e. The SMILES string of the molecule is CC1CCC2(CC1)C(=NC(/C=C/c1ccc(Cl)cc1Cl)C(C)(C)C)NC(=S)N2CC#N. The molecule has 1 aliphatic heterocycles. The Balaban J connectivity index is 1.99. The van der Waals surface area contributed by atoms with E-state index in [2.05, 4.69) is 45.2 Å². The van der Waals surface area contributed by atoms with Crippen LogP contribution in [0.4, 0.5) is 0 Å². The van der Waals surface area contributed by atoms with E-state index in [1.807, 2.05) is 23.1 Å². The van der Waals surface area contributed by atoms with Gasteiger partial charge in [-0.05, 0) is 66.9 Å². The van der Waals surface area contributed by atoms with Crippen LogP contribution in [0.15, 0.2) is 29.3 Å². The molecule has 1 spiro atoms. The fourth-order valence-electron chi connectivity index (χ4n) is 4.30. The van der Waals surface area contributed by atoms with E-state index >= 15 is 0 Å². The molecule has 1 saturated carbocycles. The minimum atomic E-state index is -0.311. The summed E-state index contributed by atoms with van der Waals surface area (Å²) in [6, 6.07) is 7.69. The van der Waals surface area contributed by atoms with E-state index in [1.165, 1.54) is 0 Å². The van der Waals surface area contributed by atoms with Gasteiger partial charge in [0.1, 0.15) is 17.9 Å². The molecular weight excluding hydrogens is 447 g/mol. The molecule has 1 heterocycles. The van der Waals surface area contributed by atoms with Crippen LogP contribution < -0.4 is 5.32 Å². The topological polar surface area (TPSA) is 51.4 Å². The maximum Gasteiger partial charge on any atom is 0.176 e. The van der Waals surface area contributed by atoms with Gasteiger partial charge in [0.15, 0.2) is 5.11 Å². The molecule has 0 bridgehead atoms. The lowest BCUT2D eigenvalue weighted by Gasteiger charge is -2.42. The molecule has 0 radical (unpaired) electrons. The van der Waals surface area contributed by atoms with Crippen molar-refractivity contribution in [1.29, 1.82) is 5.26 Å². The number of hydrogen-bond donors (Lipinski definition) is 1. The van der Waals surface area contributed by atoms with Gasteiger partial charge in [0.05, 0.1) is 12.1 Å². The van der Waals surface area contributed by atoms with Gasteiger partial charge in [0, 0.05) is 10.0 Å². The van der Waals surface area contributed by atoms with Gasteiger partial charge in [0.2, 0.25) is 0 Å². The van der Waals surface area contributed by atoms with Gasteiger partial charge in [-0.3, -0.25) is 4.99 Å². The Kier molecular flexibility index (Phi) is 7.35. The summed E-state index contributed by atoms with van der Waals surface area (Å²) in [4.78, 5) is 7.25. The smallest absolute Gasteiger partial charge is 0.176 e. The second kappa shape index (κ2) is 9.48. The number of nitrogens with zero attached hydrogens (tertiary/aromatic N) is 3. The first kappa shape index (κ1) is 24.0. The average molecular weight is 478 g/mol. The van der Waals surface area contributed by atoms with Crippen LogP contribution >= 0.6 is 35.4 Å². The monoisotopic (exact) mass is 476 g/mol. The summed E-state index contributed by atoms with van der Waals surface area (Å²) < 4.78 is 0. The molecule has 7 heteroatoms. The lowest BCUT2D eigenvalue weighted by molar-refractivity contribution is 0.184. The second-order valence-corrected chi connectivity index (χ2v) is 10.9. The zero-order chi connectivity index (χ0) is 22.8. The minimum absolute atomic E-state index is 0.0946.